The van der Waals surface area contributed by atoms with Crippen molar-refractivity contribution in [2.24, 2.45) is 4.99 Å². The van der Waals surface area contributed by atoms with Crippen LogP contribution < -0.4 is 5.09 Å². The molecule has 30 heavy (non-hydrogen) atoms. The number of nitrogens with zero attached hydrogens (tertiary/aromatic N) is 1. The van der Waals surface area contributed by atoms with Crippen LogP contribution in [0.15, 0.2) is 59.1 Å². The van der Waals surface area contributed by atoms with Crippen molar-refractivity contribution in [3.8, 4) is 0 Å². The summed E-state index contributed by atoms with van der Waals surface area (Å²) in [4.78, 5) is 15.0. The van der Waals surface area contributed by atoms with Crippen LogP contribution >= 0.6 is 7.75 Å². The largest absolute Gasteiger partial charge is 0.402 e. The molecule has 1 fully saturated rings. The lowest BCUT2D eigenvalue weighted by Crippen LogP contribution is -2.30. The minimum absolute atomic E-state index is 0.0965. The third kappa shape index (κ3) is 7.31. The second-order valence-corrected chi connectivity index (χ2v) is 9.87. The van der Waals surface area contributed by atoms with E-state index in [9.17, 15) is 9.46 Å². The predicted octanol–water partition coefficient (Wildman–Crippen LogP) is 5.77. The van der Waals surface area contributed by atoms with Gasteiger partial charge in [-0.3, -0.25) is 9.52 Å². The van der Waals surface area contributed by atoms with Crippen LogP contribution in [0.1, 0.15) is 63.4 Å². The summed E-state index contributed by atoms with van der Waals surface area (Å²) in [6, 6.07) is 9.91. The summed E-state index contributed by atoms with van der Waals surface area (Å²) in [7, 11) is -3.77. The Morgan fingerprint density at radius 3 is 2.53 bits per heavy atom. The van der Waals surface area contributed by atoms with E-state index >= 15 is 0 Å². The number of allylic oxidation sites excluding steroid dienone is 3. The summed E-state index contributed by atoms with van der Waals surface area (Å²) >= 11 is 0. The highest BCUT2D eigenvalue weighted by Gasteiger charge is 2.33. The molecular formula is C24H35N2O3P. The van der Waals surface area contributed by atoms with Crippen LogP contribution in [0.3, 0.4) is 0 Å². The summed E-state index contributed by atoms with van der Waals surface area (Å²) in [6.07, 6.45) is 19.0. The van der Waals surface area contributed by atoms with Gasteiger partial charge in [0.15, 0.2) is 0 Å². The van der Waals surface area contributed by atoms with Crippen molar-refractivity contribution >= 4 is 14.0 Å². The molecule has 2 N–H and O–H groups in total. The van der Waals surface area contributed by atoms with Crippen LogP contribution in [0, 0.1) is 0 Å². The normalized spacial score (nSPS) is 20.8. The predicted molar refractivity (Wildman–Crippen MR) is 124 cm³/mol. The van der Waals surface area contributed by atoms with E-state index in [1.54, 1.807) is 0 Å². The lowest BCUT2D eigenvalue weighted by Gasteiger charge is -2.34. The molecule has 5 nitrogen and oxygen atoms in total. The maximum Gasteiger partial charge on any atom is 0.402 e. The summed E-state index contributed by atoms with van der Waals surface area (Å²) in [5.74, 6) is 0. The van der Waals surface area contributed by atoms with E-state index in [0.717, 1.165) is 24.8 Å². The van der Waals surface area contributed by atoms with Gasteiger partial charge in [0.2, 0.25) is 0 Å². The van der Waals surface area contributed by atoms with Gasteiger partial charge in [0.05, 0.1) is 12.1 Å². The monoisotopic (exact) mass is 430 g/mol. The average molecular weight is 431 g/mol. The van der Waals surface area contributed by atoms with Crippen molar-refractivity contribution in [1.29, 1.82) is 0 Å². The molecule has 0 amide bonds. The molecule has 164 valence electrons. The Balaban J connectivity index is 1.45. The smallest absolute Gasteiger partial charge is 0.312 e. The minimum Gasteiger partial charge on any atom is -0.312 e. The summed E-state index contributed by atoms with van der Waals surface area (Å²) in [5.41, 5.74) is 2.37. The van der Waals surface area contributed by atoms with Gasteiger partial charge in [-0.15, -0.1) is 0 Å². The second kappa shape index (κ2) is 11.8. The molecule has 6 heteroatoms. The van der Waals surface area contributed by atoms with Crippen LogP contribution in [0.5, 0.6) is 0 Å². The van der Waals surface area contributed by atoms with Gasteiger partial charge < -0.3 is 4.89 Å². The molecule has 1 aromatic carbocycles. The number of benzene rings is 1. The first kappa shape index (κ1) is 23.1. The van der Waals surface area contributed by atoms with E-state index in [0.29, 0.717) is 19.4 Å². The Labute approximate surface area is 180 Å². The summed E-state index contributed by atoms with van der Waals surface area (Å²) in [6.45, 7) is 0.665. The van der Waals surface area contributed by atoms with E-state index in [1.165, 1.54) is 37.7 Å². The Hall–Kier alpha value is -1.52. The molecule has 1 saturated carbocycles. The van der Waals surface area contributed by atoms with Gasteiger partial charge in [0.1, 0.15) is 0 Å². The summed E-state index contributed by atoms with van der Waals surface area (Å²) in [5, 5.41) is 2.67. The third-order valence-electron chi connectivity index (χ3n) is 6.02. The fraction of sp³-hybridized carbons (Fsp3) is 0.542. The molecule has 0 aromatic heterocycles. The number of hydrogen-bond acceptors (Lipinski definition) is 3. The average Bonchev–Trinajstić information content (AvgIpc) is 2.92. The Morgan fingerprint density at radius 2 is 1.77 bits per heavy atom. The SMILES string of the molecule is O=P(O)(NCCc1ccccc1)OCCCC1=CC=CC=NC12CCCCCCC2. The second-order valence-electron chi connectivity index (χ2n) is 8.26. The quantitative estimate of drug-likeness (QED) is 0.386. The molecule has 1 aliphatic carbocycles. The Morgan fingerprint density at radius 1 is 1.03 bits per heavy atom. The van der Waals surface area contributed by atoms with Crippen molar-refractivity contribution < 1.29 is 14.0 Å². The highest BCUT2D eigenvalue weighted by molar-refractivity contribution is 7.50. The Kier molecular flexibility index (Phi) is 9.07. The topological polar surface area (TPSA) is 70.9 Å². The zero-order chi connectivity index (χ0) is 21.1. The zero-order valence-electron chi connectivity index (χ0n) is 17.8. The number of nitrogens with one attached hydrogen (secondary N) is 1. The zero-order valence-corrected chi connectivity index (χ0v) is 18.7. The summed E-state index contributed by atoms with van der Waals surface area (Å²) < 4.78 is 17.6. The van der Waals surface area contributed by atoms with Crippen molar-refractivity contribution in [1.82, 2.24) is 5.09 Å². The van der Waals surface area contributed by atoms with Crippen LogP contribution in [-0.4, -0.2) is 29.8 Å². The number of aliphatic imine (C=N–C) groups is 1. The first-order valence-electron chi connectivity index (χ1n) is 11.3. The highest BCUT2D eigenvalue weighted by Crippen LogP contribution is 2.40. The maximum absolute atomic E-state index is 12.3. The van der Waals surface area contributed by atoms with Crippen molar-refractivity contribution in [2.45, 2.75) is 69.7 Å². The van der Waals surface area contributed by atoms with E-state index in [1.807, 2.05) is 42.6 Å². The van der Waals surface area contributed by atoms with E-state index in [2.05, 4.69) is 17.2 Å². The van der Waals surface area contributed by atoms with Crippen molar-refractivity contribution in [2.75, 3.05) is 13.2 Å². The fourth-order valence-electron chi connectivity index (χ4n) is 4.38. The van der Waals surface area contributed by atoms with Crippen LogP contribution in [-0.2, 0) is 15.5 Å². The molecule has 3 rings (SSSR count). The van der Waals surface area contributed by atoms with Gasteiger partial charge in [-0.05, 0) is 49.3 Å². The molecule has 1 aliphatic heterocycles. The molecule has 1 atom stereocenters. The lowest BCUT2D eigenvalue weighted by atomic mass is 9.77. The van der Waals surface area contributed by atoms with Gasteiger partial charge in [0.25, 0.3) is 0 Å². The molecule has 1 unspecified atom stereocenters. The van der Waals surface area contributed by atoms with Crippen molar-refractivity contribution in [3.63, 3.8) is 0 Å². The highest BCUT2D eigenvalue weighted by atomic mass is 31.2. The fourth-order valence-corrected chi connectivity index (χ4v) is 5.25. The van der Waals surface area contributed by atoms with Gasteiger partial charge in [0, 0.05) is 12.8 Å². The van der Waals surface area contributed by atoms with Gasteiger partial charge in [-0.2, -0.15) is 0 Å². The van der Waals surface area contributed by atoms with E-state index in [4.69, 9.17) is 9.52 Å². The first-order valence-corrected chi connectivity index (χ1v) is 12.9. The molecule has 0 radical (unpaired) electrons. The van der Waals surface area contributed by atoms with Gasteiger partial charge in [-0.1, -0.05) is 74.6 Å². The Bertz CT molecular complexity index is 781. The molecule has 1 spiro atoms. The van der Waals surface area contributed by atoms with E-state index in [-0.39, 0.29) is 12.1 Å². The molecule has 0 saturated heterocycles. The first-order chi connectivity index (χ1) is 14.6. The third-order valence-corrected chi connectivity index (χ3v) is 7.18. The number of hydrogen-bond donors (Lipinski definition) is 2. The standard InChI is InChI=1S/C24H35N2O3P/c27-30(28,26-20-16-22-12-5-4-6-13-22)29-21-11-15-23-14-7-10-19-25-24(23)17-8-2-1-3-9-18-24/h4-7,10,12-14,19H,1-3,8-9,11,15-18,20-21H2,(H2,26,27,28). The van der Waals surface area contributed by atoms with Crippen LogP contribution in [0.4, 0.5) is 0 Å². The van der Waals surface area contributed by atoms with Crippen LogP contribution in [0.2, 0.25) is 0 Å². The molecule has 1 heterocycles. The number of rotatable bonds is 9. The van der Waals surface area contributed by atoms with E-state index < -0.39 is 7.75 Å². The lowest BCUT2D eigenvalue weighted by molar-refractivity contribution is 0.244. The molecule has 1 aromatic rings. The molecule has 2 aliphatic rings. The maximum atomic E-state index is 12.3. The molecule has 0 bridgehead atoms. The molecular weight excluding hydrogens is 395 g/mol. The van der Waals surface area contributed by atoms with Gasteiger partial charge >= 0.3 is 7.75 Å². The minimum atomic E-state index is -3.77. The van der Waals surface area contributed by atoms with Crippen LogP contribution in [0.25, 0.3) is 0 Å². The van der Waals surface area contributed by atoms with Gasteiger partial charge in [-0.25, -0.2) is 9.65 Å². The van der Waals surface area contributed by atoms with Crippen molar-refractivity contribution in [3.05, 3.63) is 59.7 Å².